The summed E-state index contributed by atoms with van der Waals surface area (Å²) >= 11 is 1.20. The first-order chi connectivity index (χ1) is 13.0. The lowest BCUT2D eigenvalue weighted by molar-refractivity contribution is -0.117. The molecule has 2 heterocycles. The Hall–Kier alpha value is -2.61. The monoisotopic (exact) mass is 386 g/mol. The Morgan fingerprint density at radius 3 is 2.89 bits per heavy atom. The van der Waals surface area contributed by atoms with E-state index in [-0.39, 0.29) is 35.6 Å². The van der Waals surface area contributed by atoms with E-state index in [9.17, 15) is 14.4 Å². The zero-order valence-electron chi connectivity index (χ0n) is 15.3. The summed E-state index contributed by atoms with van der Waals surface area (Å²) in [5.41, 5.74) is 1.82. The second kappa shape index (κ2) is 8.39. The number of aromatic nitrogens is 2. The Morgan fingerprint density at radius 1 is 1.33 bits per heavy atom. The van der Waals surface area contributed by atoms with Crippen molar-refractivity contribution in [3.8, 4) is 0 Å². The van der Waals surface area contributed by atoms with E-state index >= 15 is 0 Å². The van der Waals surface area contributed by atoms with Crippen molar-refractivity contribution in [3.63, 3.8) is 0 Å². The first-order valence-electron chi connectivity index (χ1n) is 8.92. The van der Waals surface area contributed by atoms with Crippen molar-refractivity contribution in [3.05, 3.63) is 46.4 Å². The Kier molecular flexibility index (Phi) is 5.95. The summed E-state index contributed by atoms with van der Waals surface area (Å²) in [5, 5.41) is 3.28. The predicted molar refractivity (Wildman–Crippen MR) is 106 cm³/mol. The molecular weight excluding hydrogens is 364 g/mol. The van der Waals surface area contributed by atoms with Crippen molar-refractivity contribution in [2.24, 2.45) is 0 Å². The fourth-order valence-corrected chi connectivity index (χ4v) is 3.86. The number of hydrogen-bond donors (Lipinski definition) is 2. The van der Waals surface area contributed by atoms with Crippen LogP contribution in [0.4, 0.5) is 11.4 Å². The number of nitrogens with one attached hydrogen (secondary N) is 2. The fraction of sp³-hybridized carbons (Fsp3) is 0.368. The average molecular weight is 386 g/mol. The Labute approximate surface area is 161 Å². The maximum Gasteiger partial charge on any atom is 0.251 e. The Bertz CT molecular complexity index is 912. The maximum absolute atomic E-state index is 12.9. The molecule has 8 heteroatoms. The number of hydrogen-bond acceptors (Lipinski definition) is 5. The van der Waals surface area contributed by atoms with Crippen LogP contribution in [0.3, 0.4) is 0 Å². The van der Waals surface area contributed by atoms with Crippen molar-refractivity contribution < 1.29 is 9.59 Å². The number of anilines is 2. The Balaban J connectivity index is 1.79. The third kappa shape index (κ3) is 4.57. The number of para-hydroxylation sites is 2. The van der Waals surface area contributed by atoms with Crippen molar-refractivity contribution in [2.45, 2.75) is 44.3 Å². The molecule has 0 fully saturated rings. The third-order valence-corrected chi connectivity index (χ3v) is 5.10. The number of nitrogens with zero attached hydrogens (tertiary/aromatic N) is 2. The van der Waals surface area contributed by atoms with Crippen molar-refractivity contribution in [2.75, 3.05) is 16.0 Å². The number of carbonyl (C=O) groups excluding carboxylic acids is 2. The van der Waals surface area contributed by atoms with E-state index < -0.39 is 0 Å². The number of amides is 2. The van der Waals surface area contributed by atoms with E-state index in [0.29, 0.717) is 16.5 Å². The van der Waals surface area contributed by atoms with Gasteiger partial charge in [0.1, 0.15) is 0 Å². The number of H-pyrrole nitrogens is 1. The summed E-state index contributed by atoms with van der Waals surface area (Å²) < 4.78 is 0. The van der Waals surface area contributed by atoms with Crippen LogP contribution in [0.5, 0.6) is 0 Å². The topological polar surface area (TPSA) is 95.2 Å². The number of aryl methyl sites for hydroxylation is 1. The van der Waals surface area contributed by atoms with Crippen LogP contribution in [-0.2, 0) is 16.0 Å². The molecule has 0 radical (unpaired) electrons. The van der Waals surface area contributed by atoms with Crippen molar-refractivity contribution >= 4 is 35.0 Å². The van der Waals surface area contributed by atoms with Crippen LogP contribution in [0, 0.1) is 0 Å². The number of fused-ring (bicyclic) bond motifs is 1. The second-order valence-electron chi connectivity index (χ2n) is 6.46. The highest BCUT2D eigenvalue weighted by atomic mass is 32.2. The molecule has 2 aromatic rings. The molecule has 142 valence electrons. The van der Waals surface area contributed by atoms with Gasteiger partial charge in [0.15, 0.2) is 5.16 Å². The summed E-state index contributed by atoms with van der Waals surface area (Å²) in [6.45, 7) is 3.87. The molecule has 1 aromatic heterocycles. The van der Waals surface area contributed by atoms with E-state index in [2.05, 4.69) is 15.3 Å². The largest absolute Gasteiger partial charge is 0.324 e. The van der Waals surface area contributed by atoms with E-state index in [1.807, 2.05) is 32.0 Å². The molecule has 0 unspecified atom stereocenters. The molecule has 0 saturated heterocycles. The lowest BCUT2D eigenvalue weighted by atomic mass is 10.2. The van der Waals surface area contributed by atoms with Crippen molar-refractivity contribution in [1.82, 2.24) is 9.97 Å². The number of aromatic amines is 1. The van der Waals surface area contributed by atoms with Gasteiger partial charge >= 0.3 is 0 Å². The van der Waals surface area contributed by atoms with Gasteiger partial charge in [-0.2, -0.15) is 0 Å². The zero-order valence-corrected chi connectivity index (χ0v) is 16.1. The van der Waals surface area contributed by atoms with Gasteiger partial charge in [-0.1, -0.05) is 37.2 Å². The van der Waals surface area contributed by atoms with Crippen LogP contribution in [0.15, 0.2) is 40.3 Å². The molecule has 27 heavy (non-hydrogen) atoms. The summed E-state index contributed by atoms with van der Waals surface area (Å²) in [5.74, 6) is -0.137. The zero-order chi connectivity index (χ0) is 19.4. The van der Waals surface area contributed by atoms with Crippen LogP contribution in [0.1, 0.15) is 32.4 Å². The predicted octanol–water partition coefficient (Wildman–Crippen LogP) is 2.58. The molecular formula is C19H22N4O3S. The summed E-state index contributed by atoms with van der Waals surface area (Å²) in [6, 6.07) is 8.48. The third-order valence-electron chi connectivity index (χ3n) is 4.24. The van der Waals surface area contributed by atoms with Gasteiger partial charge in [-0.05, 0) is 25.5 Å². The molecule has 1 aromatic carbocycles. The van der Waals surface area contributed by atoms with Gasteiger partial charge in [0, 0.05) is 24.2 Å². The number of rotatable bonds is 5. The molecule has 0 aliphatic carbocycles. The average Bonchev–Trinajstić information content (AvgIpc) is 2.74. The van der Waals surface area contributed by atoms with E-state index in [0.717, 1.165) is 18.5 Å². The minimum absolute atomic E-state index is 0.115. The number of thioether (sulfide) groups is 1. The van der Waals surface area contributed by atoms with Crippen LogP contribution in [-0.4, -0.2) is 33.6 Å². The lowest BCUT2D eigenvalue weighted by Gasteiger charge is -2.27. The van der Waals surface area contributed by atoms with E-state index in [1.165, 1.54) is 17.8 Å². The highest BCUT2D eigenvalue weighted by Crippen LogP contribution is 2.32. The van der Waals surface area contributed by atoms with E-state index in [4.69, 9.17) is 0 Å². The van der Waals surface area contributed by atoms with Crippen LogP contribution >= 0.6 is 11.8 Å². The summed E-state index contributed by atoms with van der Waals surface area (Å²) in [4.78, 5) is 45.5. The maximum atomic E-state index is 12.9. The minimum Gasteiger partial charge on any atom is -0.324 e. The second-order valence-corrected chi connectivity index (χ2v) is 7.43. The summed E-state index contributed by atoms with van der Waals surface area (Å²) in [6.07, 6.45) is 1.84. The van der Waals surface area contributed by atoms with Gasteiger partial charge in [0.25, 0.3) is 5.56 Å². The SMILES string of the molecule is CCCc1cc(=O)[nH]c(SCC(=O)N2c3ccccc3NC(=O)C[C@H]2C)n1. The molecule has 3 rings (SSSR count). The molecule has 7 nitrogen and oxygen atoms in total. The summed E-state index contributed by atoms with van der Waals surface area (Å²) in [7, 11) is 0. The van der Waals surface area contributed by atoms with Crippen LogP contribution < -0.4 is 15.8 Å². The number of carbonyl (C=O) groups is 2. The minimum atomic E-state index is -0.264. The Morgan fingerprint density at radius 2 is 2.11 bits per heavy atom. The normalized spacial score (nSPS) is 16.4. The van der Waals surface area contributed by atoms with Gasteiger partial charge < -0.3 is 15.2 Å². The van der Waals surface area contributed by atoms with Gasteiger partial charge in [-0.15, -0.1) is 0 Å². The lowest BCUT2D eigenvalue weighted by Crippen LogP contribution is -2.40. The van der Waals surface area contributed by atoms with Crippen LogP contribution in [0.25, 0.3) is 0 Å². The molecule has 0 bridgehead atoms. The first-order valence-corrected chi connectivity index (χ1v) is 9.90. The molecule has 2 amide bonds. The first kappa shape index (κ1) is 19.2. The van der Waals surface area contributed by atoms with Crippen LogP contribution in [0.2, 0.25) is 0 Å². The standard InChI is InChI=1S/C19H22N4O3S/c1-3-6-13-10-17(25)22-19(20-13)27-11-18(26)23-12(2)9-16(24)21-14-7-4-5-8-15(14)23/h4-5,7-8,10,12H,3,6,9,11H2,1-2H3,(H,21,24)(H,20,22,25)/t12-/m1/s1. The van der Waals surface area contributed by atoms with E-state index in [1.54, 1.807) is 11.0 Å². The molecule has 0 saturated carbocycles. The van der Waals surface area contributed by atoms with Gasteiger partial charge in [0.2, 0.25) is 11.8 Å². The molecule has 1 atom stereocenters. The van der Waals surface area contributed by atoms with Crippen molar-refractivity contribution in [1.29, 1.82) is 0 Å². The highest BCUT2D eigenvalue weighted by Gasteiger charge is 2.29. The van der Waals surface area contributed by atoms with Gasteiger partial charge in [-0.3, -0.25) is 14.4 Å². The fourth-order valence-electron chi connectivity index (χ4n) is 3.10. The molecule has 1 aliphatic heterocycles. The number of benzene rings is 1. The molecule has 1 aliphatic rings. The smallest absolute Gasteiger partial charge is 0.251 e. The van der Waals surface area contributed by atoms with Gasteiger partial charge in [-0.25, -0.2) is 4.98 Å². The molecule has 2 N–H and O–H groups in total. The highest BCUT2D eigenvalue weighted by molar-refractivity contribution is 7.99. The molecule has 0 spiro atoms. The van der Waals surface area contributed by atoms with Gasteiger partial charge in [0.05, 0.1) is 17.1 Å². The quantitative estimate of drug-likeness (QED) is 0.608.